The standard InChI is InChI=1S/C15H11BrClFN2/c1-9-11(18)3-2-4-13(9)20-14-6-5-10(16)7-12(14)19-15(20)8-17/h2-7H,8H2,1H3. The summed E-state index contributed by atoms with van der Waals surface area (Å²) in [4.78, 5) is 4.52. The first-order valence-electron chi connectivity index (χ1n) is 6.10. The lowest BCUT2D eigenvalue weighted by atomic mass is 10.2. The average Bonchev–Trinajstić information content (AvgIpc) is 2.79. The third kappa shape index (κ3) is 2.13. The molecule has 0 aliphatic rings. The monoisotopic (exact) mass is 352 g/mol. The molecule has 102 valence electrons. The van der Waals surface area contributed by atoms with Gasteiger partial charge < -0.3 is 0 Å². The van der Waals surface area contributed by atoms with Crippen LogP contribution in [-0.2, 0) is 5.88 Å². The first-order chi connectivity index (χ1) is 9.61. The van der Waals surface area contributed by atoms with Crippen LogP contribution in [0.4, 0.5) is 4.39 Å². The molecule has 2 nitrogen and oxygen atoms in total. The van der Waals surface area contributed by atoms with E-state index in [0.29, 0.717) is 11.4 Å². The Hall–Kier alpha value is -1.39. The number of imidazole rings is 1. The van der Waals surface area contributed by atoms with E-state index in [0.717, 1.165) is 21.2 Å². The second-order valence-electron chi connectivity index (χ2n) is 4.51. The highest BCUT2D eigenvalue weighted by Gasteiger charge is 2.14. The number of fused-ring (bicyclic) bond motifs is 1. The summed E-state index contributed by atoms with van der Waals surface area (Å²) in [6.07, 6.45) is 0. The highest BCUT2D eigenvalue weighted by atomic mass is 79.9. The quantitative estimate of drug-likeness (QED) is 0.594. The number of aromatic nitrogens is 2. The predicted octanol–water partition coefficient (Wildman–Crippen LogP) is 4.97. The molecule has 5 heteroatoms. The maximum Gasteiger partial charge on any atom is 0.129 e. The third-order valence-electron chi connectivity index (χ3n) is 3.29. The lowest BCUT2D eigenvalue weighted by molar-refractivity contribution is 0.617. The molecule has 0 N–H and O–H groups in total. The van der Waals surface area contributed by atoms with Crippen LogP contribution in [0.15, 0.2) is 40.9 Å². The first kappa shape index (κ1) is 13.6. The van der Waals surface area contributed by atoms with Crippen LogP contribution < -0.4 is 0 Å². The molecule has 0 aliphatic carbocycles. The van der Waals surface area contributed by atoms with Gasteiger partial charge in [-0.1, -0.05) is 22.0 Å². The molecule has 0 unspecified atom stereocenters. The third-order valence-corrected chi connectivity index (χ3v) is 4.02. The van der Waals surface area contributed by atoms with E-state index in [1.54, 1.807) is 13.0 Å². The highest BCUT2D eigenvalue weighted by molar-refractivity contribution is 9.10. The van der Waals surface area contributed by atoms with Gasteiger partial charge in [-0.15, -0.1) is 11.6 Å². The second-order valence-corrected chi connectivity index (χ2v) is 5.70. The highest BCUT2D eigenvalue weighted by Crippen LogP contribution is 2.27. The fourth-order valence-electron chi connectivity index (χ4n) is 2.30. The first-order valence-corrected chi connectivity index (χ1v) is 7.43. The van der Waals surface area contributed by atoms with Gasteiger partial charge in [0, 0.05) is 10.0 Å². The van der Waals surface area contributed by atoms with Gasteiger partial charge in [0.15, 0.2) is 0 Å². The van der Waals surface area contributed by atoms with Crippen molar-refractivity contribution in [1.29, 1.82) is 0 Å². The molecular weight excluding hydrogens is 343 g/mol. The van der Waals surface area contributed by atoms with Gasteiger partial charge in [-0.25, -0.2) is 9.37 Å². The summed E-state index contributed by atoms with van der Waals surface area (Å²) >= 11 is 9.42. The van der Waals surface area contributed by atoms with Crippen molar-refractivity contribution in [3.05, 3.63) is 58.1 Å². The molecule has 1 heterocycles. The molecule has 0 bridgehead atoms. The zero-order chi connectivity index (χ0) is 14.3. The molecule has 0 saturated carbocycles. The molecule has 3 rings (SSSR count). The molecule has 2 aromatic carbocycles. The molecule has 0 radical (unpaired) electrons. The zero-order valence-electron chi connectivity index (χ0n) is 10.7. The Bertz CT molecular complexity index is 798. The smallest absolute Gasteiger partial charge is 0.129 e. The SMILES string of the molecule is Cc1c(F)cccc1-n1c(CCl)nc2cc(Br)ccc21. The van der Waals surface area contributed by atoms with E-state index < -0.39 is 0 Å². The van der Waals surface area contributed by atoms with Gasteiger partial charge in [-0.2, -0.15) is 0 Å². The Labute approximate surface area is 129 Å². The van der Waals surface area contributed by atoms with Gasteiger partial charge in [0.2, 0.25) is 0 Å². The Morgan fingerprint density at radius 2 is 2.10 bits per heavy atom. The van der Waals surface area contributed by atoms with E-state index >= 15 is 0 Å². The summed E-state index contributed by atoms with van der Waals surface area (Å²) in [6, 6.07) is 10.8. The van der Waals surface area contributed by atoms with E-state index in [1.165, 1.54) is 6.07 Å². The van der Waals surface area contributed by atoms with Crippen molar-refractivity contribution in [2.75, 3.05) is 0 Å². The Kier molecular flexibility index (Phi) is 3.52. The van der Waals surface area contributed by atoms with Crippen molar-refractivity contribution in [1.82, 2.24) is 9.55 Å². The molecule has 1 aromatic heterocycles. The normalized spacial score (nSPS) is 11.2. The number of nitrogens with zero attached hydrogens (tertiary/aromatic N) is 2. The van der Waals surface area contributed by atoms with Crippen LogP contribution in [0.25, 0.3) is 16.7 Å². The van der Waals surface area contributed by atoms with E-state index in [4.69, 9.17) is 11.6 Å². The molecule has 0 fully saturated rings. The van der Waals surface area contributed by atoms with Gasteiger partial charge in [0.1, 0.15) is 11.6 Å². The van der Waals surface area contributed by atoms with Gasteiger partial charge in [0.25, 0.3) is 0 Å². The van der Waals surface area contributed by atoms with E-state index in [1.807, 2.05) is 28.8 Å². The summed E-state index contributed by atoms with van der Waals surface area (Å²) in [7, 11) is 0. The van der Waals surface area contributed by atoms with Crippen molar-refractivity contribution in [3.63, 3.8) is 0 Å². The summed E-state index contributed by atoms with van der Waals surface area (Å²) in [5.41, 5.74) is 3.10. The Balaban J connectivity index is 2.37. The Morgan fingerprint density at radius 1 is 1.30 bits per heavy atom. The van der Waals surface area contributed by atoms with Crippen molar-refractivity contribution in [2.45, 2.75) is 12.8 Å². The number of hydrogen-bond donors (Lipinski definition) is 0. The van der Waals surface area contributed by atoms with Crippen LogP contribution in [0.2, 0.25) is 0 Å². The van der Waals surface area contributed by atoms with Crippen LogP contribution in [-0.4, -0.2) is 9.55 Å². The molecular formula is C15H11BrClFN2. The molecule has 0 atom stereocenters. The molecule has 20 heavy (non-hydrogen) atoms. The maximum atomic E-state index is 13.8. The lowest BCUT2D eigenvalue weighted by Crippen LogP contribution is -2.02. The van der Waals surface area contributed by atoms with Crippen molar-refractivity contribution < 1.29 is 4.39 Å². The predicted molar refractivity (Wildman–Crippen MR) is 83.0 cm³/mol. The largest absolute Gasteiger partial charge is 0.295 e. The van der Waals surface area contributed by atoms with E-state index in [9.17, 15) is 4.39 Å². The van der Waals surface area contributed by atoms with Crippen LogP contribution in [0.1, 0.15) is 11.4 Å². The van der Waals surface area contributed by atoms with Crippen molar-refractivity contribution in [2.24, 2.45) is 0 Å². The summed E-state index contributed by atoms with van der Waals surface area (Å²) in [6.45, 7) is 1.76. The topological polar surface area (TPSA) is 17.8 Å². The number of hydrogen-bond acceptors (Lipinski definition) is 1. The minimum atomic E-state index is -0.234. The fraction of sp³-hybridized carbons (Fsp3) is 0.133. The summed E-state index contributed by atoms with van der Waals surface area (Å²) in [5.74, 6) is 0.734. The maximum absolute atomic E-state index is 13.8. The number of halogens is 3. The summed E-state index contributed by atoms with van der Waals surface area (Å²) < 4.78 is 16.7. The Morgan fingerprint density at radius 3 is 2.85 bits per heavy atom. The zero-order valence-corrected chi connectivity index (χ0v) is 13.0. The summed E-state index contributed by atoms with van der Waals surface area (Å²) in [5, 5.41) is 0. The van der Waals surface area contributed by atoms with Crippen molar-refractivity contribution in [3.8, 4) is 5.69 Å². The van der Waals surface area contributed by atoms with Gasteiger partial charge in [-0.05, 0) is 37.3 Å². The molecule has 3 aromatic rings. The van der Waals surface area contributed by atoms with Gasteiger partial charge in [-0.3, -0.25) is 4.57 Å². The van der Waals surface area contributed by atoms with Gasteiger partial charge in [0.05, 0.1) is 22.6 Å². The minimum absolute atomic E-state index is 0.234. The lowest BCUT2D eigenvalue weighted by Gasteiger charge is -2.11. The molecule has 0 spiro atoms. The van der Waals surface area contributed by atoms with Crippen LogP contribution in [0, 0.1) is 12.7 Å². The van der Waals surface area contributed by atoms with Crippen LogP contribution in [0.5, 0.6) is 0 Å². The van der Waals surface area contributed by atoms with Crippen LogP contribution >= 0.6 is 27.5 Å². The molecule has 0 saturated heterocycles. The average molecular weight is 354 g/mol. The number of benzene rings is 2. The second kappa shape index (κ2) is 5.19. The van der Waals surface area contributed by atoms with E-state index in [-0.39, 0.29) is 11.7 Å². The fourth-order valence-corrected chi connectivity index (χ4v) is 2.83. The number of rotatable bonds is 2. The van der Waals surface area contributed by atoms with Crippen molar-refractivity contribution >= 4 is 38.6 Å². The number of alkyl halides is 1. The molecule has 0 aliphatic heterocycles. The van der Waals surface area contributed by atoms with E-state index in [2.05, 4.69) is 20.9 Å². The molecule has 0 amide bonds. The van der Waals surface area contributed by atoms with Gasteiger partial charge >= 0.3 is 0 Å². The van der Waals surface area contributed by atoms with Crippen LogP contribution in [0.3, 0.4) is 0 Å². The minimum Gasteiger partial charge on any atom is -0.295 e.